The molecular formula is C20H25N3O2S. The molecule has 5 nitrogen and oxygen atoms in total. The highest BCUT2D eigenvalue weighted by molar-refractivity contribution is 7.80. The van der Waals surface area contributed by atoms with E-state index in [0.29, 0.717) is 5.11 Å². The average molecular weight is 372 g/mol. The molecule has 0 saturated carbocycles. The van der Waals surface area contributed by atoms with Crippen LogP contribution in [0.15, 0.2) is 42.5 Å². The zero-order chi connectivity index (χ0) is 18.4. The van der Waals surface area contributed by atoms with Crippen molar-refractivity contribution in [3.05, 3.63) is 48.0 Å². The molecule has 1 aliphatic rings. The van der Waals surface area contributed by atoms with Crippen molar-refractivity contribution in [1.29, 1.82) is 0 Å². The van der Waals surface area contributed by atoms with Gasteiger partial charge in [-0.3, -0.25) is 0 Å². The maximum atomic E-state index is 5.38. The van der Waals surface area contributed by atoms with E-state index in [2.05, 4.69) is 53.6 Å². The van der Waals surface area contributed by atoms with E-state index >= 15 is 0 Å². The summed E-state index contributed by atoms with van der Waals surface area (Å²) < 4.78 is 10.7. The topological polar surface area (TPSA) is 45.8 Å². The Bertz CT molecular complexity index is 749. The van der Waals surface area contributed by atoms with Gasteiger partial charge < -0.3 is 25.0 Å². The fourth-order valence-electron chi connectivity index (χ4n) is 2.85. The van der Waals surface area contributed by atoms with E-state index in [1.807, 2.05) is 18.2 Å². The lowest BCUT2D eigenvalue weighted by atomic mass is 10.2. The van der Waals surface area contributed by atoms with Crippen LogP contribution in [0.4, 0.5) is 11.4 Å². The minimum Gasteiger partial charge on any atom is -0.454 e. The number of nitrogens with one attached hydrogen (secondary N) is 2. The first-order valence-corrected chi connectivity index (χ1v) is 9.32. The zero-order valence-corrected chi connectivity index (χ0v) is 16.1. The van der Waals surface area contributed by atoms with E-state index in [9.17, 15) is 0 Å². The van der Waals surface area contributed by atoms with Gasteiger partial charge in [-0.1, -0.05) is 17.7 Å². The number of rotatable bonds is 7. The molecule has 0 amide bonds. The first kappa shape index (κ1) is 18.3. The molecule has 2 aromatic rings. The van der Waals surface area contributed by atoms with Crippen LogP contribution in [0.25, 0.3) is 0 Å². The van der Waals surface area contributed by atoms with E-state index in [-0.39, 0.29) is 6.79 Å². The van der Waals surface area contributed by atoms with E-state index in [0.717, 1.165) is 43.2 Å². The van der Waals surface area contributed by atoms with Crippen molar-refractivity contribution in [1.82, 2.24) is 5.32 Å². The Hall–Kier alpha value is -2.47. The molecule has 0 spiro atoms. The number of fused-ring (bicyclic) bond motifs is 1. The number of ether oxygens (including phenoxy) is 2. The monoisotopic (exact) mass is 371 g/mol. The molecule has 0 saturated heterocycles. The van der Waals surface area contributed by atoms with Gasteiger partial charge in [0.25, 0.3) is 0 Å². The smallest absolute Gasteiger partial charge is 0.231 e. The molecule has 1 aliphatic heterocycles. The maximum Gasteiger partial charge on any atom is 0.231 e. The fraction of sp³-hybridized carbons (Fsp3) is 0.350. The Balaban J connectivity index is 1.41. The van der Waals surface area contributed by atoms with Gasteiger partial charge >= 0.3 is 0 Å². The molecule has 0 bridgehead atoms. The quantitative estimate of drug-likeness (QED) is 0.568. The summed E-state index contributed by atoms with van der Waals surface area (Å²) in [6.07, 6.45) is 1.00. The predicted molar refractivity (Wildman–Crippen MR) is 110 cm³/mol. The van der Waals surface area contributed by atoms with Crippen molar-refractivity contribution in [2.24, 2.45) is 0 Å². The van der Waals surface area contributed by atoms with Crippen LogP contribution in [0.2, 0.25) is 0 Å². The highest BCUT2D eigenvalue weighted by Crippen LogP contribution is 2.34. The second kappa shape index (κ2) is 8.76. The molecule has 0 aromatic heterocycles. The van der Waals surface area contributed by atoms with E-state index in [1.165, 1.54) is 11.3 Å². The molecule has 1 heterocycles. The molecule has 6 heteroatoms. The second-order valence-electron chi connectivity index (χ2n) is 6.22. The van der Waals surface area contributed by atoms with Gasteiger partial charge in [0, 0.05) is 37.1 Å². The van der Waals surface area contributed by atoms with Crippen LogP contribution < -0.4 is 25.0 Å². The number of benzene rings is 2. The number of thiocarbonyl (C=S) groups is 1. The lowest BCUT2D eigenvalue weighted by Crippen LogP contribution is -2.32. The number of hydrogen-bond donors (Lipinski definition) is 2. The predicted octanol–water partition coefficient (Wildman–Crippen LogP) is 3.93. The van der Waals surface area contributed by atoms with Gasteiger partial charge in [-0.2, -0.15) is 0 Å². The molecule has 0 fully saturated rings. The van der Waals surface area contributed by atoms with Crippen LogP contribution in [-0.2, 0) is 0 Å². The summed E-state index contributed by atoms with van der Waals surface area (Å²) in [6, 6.07) is 14.4. The number of nitrogens with zero attached hydrogens (tertiary/aromatic N) is 1. The van der Waals surface area contributed by atoms with Gasteiger partial charge in [0.05, 0.1) is 0 Å². The van der Waals surface area contributed by atoms with Gasteiger partial charge in [-0.25, -0.2) is 0 Å². The van der Waals surface area contributed by atoms with Crippen molar-refractivity contribution in [3.63, 3.8) is 0 Å². The minimum atomic E-state index is 0.274. The van der Waals surface area contributed by atoms with Gasteiger partial charge in [0.2, 0.25) is 6.79 Å². The molecule has 0 aliphatic carbocycles. The lowest BCUT2D eigenvalue weighted by molar-refractivity contribution is 0.174. The average Bonchev–Trinajstić information content (AvgIpc) is 3.10. The van der Waals surface area contributed by atoms with E-state index in [1.54, 1.807) is 0 Å². The third kappa shape index (κ3) is 4.79. The molecule has 0 unspecified atom stereocenters. The van der Waals surface area contributed by atoms with Crippen molar-refractivity contribution < 1.29 is 9.47 Å². The van der Waals surface area contributed by atoms with Gasteiger partial charge in [0.1, 0.15) is 0 Å². The van der Waals surface area contributed by atoms with Crippen LogP contribution in [0.5, 0.6) is 11.5 Å². The van der Waals surface area contributed by atoms with Crippen LogP contribution >= 0.6 is 12.2 Å². The maximum absolute atomic E-state index is 5.38. The first-order valence-electron chi connectivity index (χ1n) is 8.92. The summed E-state index contributed by atoms with van der Waals surface area (Å²) in [7, 11) is 0. The highest BCUT2D eigenvalue weighted by Gasteiger charge is 2.13. The summed E-state index contributed by atoms with van der Waals surface area (Å²) in [5, 5.41) is 7.06. The molecule has 0 atom stereocenters. The summed E-state index contributed by atoms with van der Waals surface area (Å²) in [5.74, 6) is 1.51. The molecular weight excluding hydrogens is 346 g/mol. The molecule has 0 radical (unpaired) electrons. The minimum absolute atomic E-state index is 0.274. The van der Waals surface area contributed by atoms with Gasteiger partial charge in [-0.05, 0) is 56.8 Å². The van der Waals surface area contributed by atoms with Crippen molar-refractivity contribution in [2.45, 2.75) is 20.3 Å². The Morgan fingerprint density at radius 3 is 2.65 bits per heavy atom. The van der Waals surface area contributed by atoms with Crippen LogP contribution in [0.1, 0.15) is 18.9 Å². The number of anilines is 2. The lowest BCUT2D eigenvalue weighted by Gasteiger charge is -2.23. The Morgan fingerprint density at radius 2 is 1.88 bits per heavy atom. The van der Waals surface area contributed by atoms with Gasteiger partial charge in [0.15, 0.2) is 16.6 Å². The fourth-order valence-corrected chi connectivity index (χ4v) is 3.07. The summed E-state index contributed by atoms with van der Waals surface area (Å²) in [4.78, 5) is 2.37. The largest absolute Gasteiger partial charge is 0.454 e. The summed E-state index contributed by atoms with van der Waals surface area (Å²) in [6.45, 7) is 7.36. The Labute approximate surface area is 160 Å². The number of hydrogen-bond acceptors (Lipinski definition) is 4. The van der Waals surface area contributed by atoms with Crippen LogP contribution in [-0.4, -0.2) is 31.5 Å². The normalized spacial score (nSPS) is 11.9. The summed E-state index contributed by atoms with van der Waals surface area (Å²) >= 11 is 5.37. The molecule has 2 N–H and O–H groups in total. The van der Waals surface area contributed by atoms with Crippen molar-refractivity contribution in [2.75, 3.05) is 36.6 Å². The molecule has 26 heavy (non-hydrogen) atoms. The Morgan fingerprint density at radius 1 is 1.12 bits per heavy atom. The third-order valence-electron chi connectivity index (χ3n) is 4.30. The third-order valence-corrected chi connectivity index (χ3v) is 4.55. The highest BCUT2D eigenvalue weighted by atomic mass is 32.1. The zero-order valence-electron chi connectivity index (χ0n) is 15.2. The van der Waals surface area contributed by atoms with Crippen molar-refractivity contribution in [3.8, 4) is 11.5 Å². The molecule has 2 aromatic carbocycles. The molecule has 138 valence electrons. The van der Waals surface area contributed by atoms with Crippen molar-refractivity contribution >= 4 is 28.7 Å². The summed E-state index contributed by atoms with van der Waals surface area (Å²) in [5.41, 5.74) is 3.44. The second-order valence-corrected chi connectivity index (χ2v) is 6.63. The van der Waals surface area contributed by atoms with Crippen LogP contribution in [0.3, 0.4) is 0 Å². The van der Waals surface area contributed by atoms with E-state index < -0.39 is 0 Å². The molecule has 3 rings (SSSR count). The standard InChI is InChI=1S/C20H25N3O2S/c1-3-23(17-8-5-15(2)6-9-17)12-4-11-21-20(26)22-16-7-10-18-19(13-16)25-14-24-18/h5-10,13H,3-4,11-12,14H2,1-2H3,(H2,21,22,26). The SMILES string of the molecule is CCN(CCCNC(=S)Nc1ccc2c(c1)OCO2)c1ccc(C)cc1. The van der Waals surface area contributed by atoms with Crippen LogP contribution in [0, 0.1) is 6.92 Å². The number of aryl methyl sites for hydroxylation is 1. The Kier molecular flexibility index (Phi) is 6.17. The van der Waals surface area contributed by atoms with Gasteiger partial charge in [-0.15, -0.1) is 0 Å². The first-order chi connectivity index (χ1) is 12.7. The van der Waals surface area contributed by atoms with E-state index in [4.69, 9.17) is 21.7 Å².